The number of methoxy groups -OCH3 is 1. The number of phenols is 2. The minimum Gasteiger partial charge on any atom is -0.507 e. The van der Waals surface area contributed by atoms with E-state index in [9.17, 15) is 15.0 Å². The quantitative estimate of drug-likeness (QED) is 0.828. The Balaban J connectivity index is 2.05. The monoisotopic (exact) mass is 286 g/mol. The van der Waals surface area contributed by atoms with Gasteiger partial charge in [0.15, 0.2) is 17.3 Å². The van der Waals surface area contributed by atoms with Crippen molar-refractivity contribution in [3.63, 3.8) is 0 Å². The molecule has 2 aromatic rings. The molecule has 0 spiro atoms. The molecule has 2 N–H and O–H groups in total. The molecule has 0 aliphatic heterocycles. The first-order valence-electron chi connectivity index (χ1n) is 6.70. The van der Waals surface area contributed by atoms with E-state index in [0.29, 0.717) is 17.7 Å². The Hall–Kier alpha value is -2.49. The summed E-state index contributed by atoms with van der Waals surface area (Å²) >= 11 is 0. The number of benzene rings is 2. The van der Waals surface area contributed by atoms with Crippen molar-refractivity contribution in [3.8, 4) is 17.2 Å². The number of phenolic OH excluding ortho intramolecular Hbond substituents is 2. The molecule has 110 valence electrons. The van der Waals surface area contributed by atoms with Crippen LogP contribution in [0.3, 0.4) is 0 Å². The summed E-state index contributed by atoms with van der Waals surface area (Å²) in [4.78, 5) is 12.1. The van der Waals surface area contributed by atoms with Crippen molar-refractivity contribution in [3.05, 3.63) is 53.1 Å². The van der Waals surface area contributed by atoms with Gasteiger partial charge in [-0.3, -0.25) is 4.79 Å². The largest absolute Gasteiger partial charge is 0.507 e. The molecule has 4 nitrogen and oxygen atoms in total. The molecule has 0 fully saturated rings. The first-order valence-corrected chi connectivity index (χ1v) is 6.70. The van der Waals surface area contributed by atoms with Gasteiger partial charge >= 0.3 is 0 Å². The number of ether oxygens (including phenoxy) is 1. The van der Waals surface area contributed by atoms with Crippen LogP contribution in [0.15, 0.2) is 36.4 Å². The first kappa shape index (κ1) is 14.9. The lowest BCUT2D eigenvalue weighted by Crippen LogP contribution is -2.02. The van der Waals surface area contributed by atoms with Crippen molar-refractivity contribution >= 4 is 5.78 Å². The molecule has 0 heterocycles. The summed E-state index contributed by atoms with van der Waals surface area (Å²) in [5.74, 6) is 0.349. The van der Waals surface area contributed by atoms with Crippen LogP contribution < -0.4 is 4.74 Å². The van der Waals surface area contributed by atoms with Gasteiger partial charge in [0, 0.05) is 6.42 Å². The highest BCUT2D eigenvalue weighted by atomic mass is 16.5. The molecule has 2 aromatic carbocycles. The van der Waals surface area contributed by atoms with Crippen molar-refractivity contribution in [2.45, 2.75) is 19.8 Å². The second kappa shape index (κ2) is 6.31. The SMILES string of the molecule is COc1ccc(CCC(=O)c2ccc(C)cc2O)cc1O. The van der Waals surface area contributed by atoms with E-state index in [1.807, 2.05) is 6.92 Å². The molecule has 0 aliphatic rings. The Labute approximate surface area is 123 Å². The van der Waals surface area contributed by atoms with Crippen LogP contribution in [-0.2, 0) is 6.42 Å². The molecule has 0 saturated heterocycles. The summed E-state index contributed by atoms with van der Waals surface area (Å²) in [5.41, 5.74) is 2.08. The highest BCUT2D eigenvalue weighted by Crippen LogP contribution is 2.27. The van der Waals surface area contributed by atoms with Crippen LogP contribution in [0.1, 0.15) is 27.9 Å². The number of Topliss-reactive ketones (excluding diaryl/α,β-unsaturated/α-hetero) is 1. The number of ketones is 1. The second-order valence-electron chi connectivity index (χ2n) is 4.95. The molecule has 21 heavy (non-hydrogen) atoms. The van der Waals surface area contributed by atoms with Gasteiger partial charge in [-0.15, -0.1) is 0 Å². The van der Waals surface area contributed by atoms with E-state index < -0.39 is 0 Å². The molecule has 0 bridgehead atoms. The van der Waals surface area contributed by atoms with Gasteiger partial charge in [0.2, 0.25) is 0 Å². The van der Waals surface area contributed by atoms with Gasteiger partial charge in [-0.05, 0) is 48.7 Å². The van der Waals surface area contributed by atoms with Crippen LogP contribution in [-0.4, -0.2) is 23.1 Å². The molecule has 0 radical (unpaired) electrons. The fourth-order valence-corrected chi connectivity index (χ4v) is 2.16. The molecule has 0 aliphatic carbocycles. The third-order valence-electron chi connectivity index (χ3n) is 3.34. The molecular weight excluding hydrogens is 268 g/mol. The summed E-state index contributed by atoms with van der Waals surface area (Å²) in [5, 5.41) is 19.5. The number of carbonyl (C=O) groups is 1. The zero-order valence-corrected chi connectivity index (χ0v) is 12.1. The summed E-state index contributed by atoms with van der Waals surface area (Å²) < 4.78 is 4.97. The summed E-state index contributed by atoms with van der Waals surface area (Å²) in [6.07, 6.45) is 0.756. The van der Waals surface area contributed by atoms with Gasteiger partial charge in [0.25, 0.3) is 0 Å². The van der Waals surface area contributed by atoms with Crippen LogP contribution in [0.2, 0.25) is 0 Å². The minimum absolute atomic E-state index is 0.0116. The normalized spacial score (nSPS) is 10.4. The molecule has 0 atom stereocenters. The lowest BCUT2D eigenvalue weighted by molar-refractivity contribution is 0.0980. The molecule has 4 heteroatoms. The van der Waals surface area contributed by atoms with Gasteiger partial charge in [0.1, 0.15) is 5.75 Å². The molecule has 0 saturated carbocycles. The molecule has 0 amide bonds. The van der Waals surface area contributed by atoms with E-state index in [-0.39, 0.29) is 23.7 Å². The lowest BCUT2D eigenvalue weighted by atomic mass is 10.0. The smallest absolute Gasteiger partial charge is 0.166 e. The number of carbonyl (C=O) groups excluding carboxylic acids is 1. The van der Waals surface area contributed by atoms with Gasteiger partial charge in [-0.25, -0.2) is 0 Å². The third-order valence-corrected chi connectivity index (χ3v) is 3.34. The fourth-order valence-electron chi connectivity index (χ4n) is 2.16. The third kappa shape index (κ3) is 3.54. The van der Waals surface area contributed by atoms with Crippen molar-refractivity contribution in [2.75, 3.05) is 7.11 Å². The average Bonchev–Trinajstić information content (AvgIpc) is 2.45. The number of rotatable bonds is 5. The fraction of sp³-hybridized carbons (Fsp3) is 0.235. The zero-order chi connectivity index (χ0) is 15.4. The Morgan fingerprint density at radius 2 is 1.86 bits per heavy atom. The highest BCUT2D eigenvalue weighted by Gasteiger charge is 2.12. The molecule has 0 unspecified atom stereocenters. The van der Waals surface area contributed by atoms with Gasteiger partial charge in [-0.2, -0.15) is 0 Å². The van der Waals surface area contributed by atoms with Crippen LogP contribution >= 0.6 is 0 Å². The second-order valence-corrected chi connectivity index (χ2v) is 4.95. The van der Waals surface area contributed by atoms with Crippen molar-refractivity contribution in [1.82, 2.24) is 0 Å². The first-order chi connectivity index (χ1) is 10.0. The summed E-state index contributed by atoms with van der Waals surface area (Å²) in [6.45, 7) is 1.86. The average molecular weight is 286 g/mol. The summed E-state index contributed by atoms with van der Waals surface area (Å²) in [7, 11) is 1.48. The van der Waals surface area contributed by atoms with Crippen LogP contribution in [0, 0.1) is 6.92 Å². The number of hydrogen-bond acceptors (Lipinski definition) is 4. The van der Waals surface area contributed by atoms with Crippen molar-refractivity contribution in [2.24, 2.45) is 0 Å². The standard InChI is InChI=1S/C17H18O4/c1-11-3-6-13(15(19)9-11)14(18)7-4-12-5-8-17(21-2)16(20)10-12/h3,5-6,8-10,19-20H,4,7H2,1-2H3. The van der Waals surface area contributed by atoms with Crippen molar-refractivity contribution < 1.29 is 19.7 Å². The highest BCUT2D eigenvalue weighted by molar-refractivity contribution is 5.98. The Kier molecular flexibility index (Phi) is 4.48. The maximum Gasteiger partial charge on any atom is 0.166 e. The van der Waals surface area contributed by atoms with Crippen LogP contribution in [0.5, 0.6) is 17.2 Å². The van der Waals surface area contributed by atoms with Gasteiger partial charge in [-0.1, -0.05) is 12.1 Å². The molecule has 0 aromatic heterocycles. The Morgan fingerprint density at radius 1 is 1.10 bits per heavy atom. The topological polar surface area (TPSA) is 66.8 Å². The van der Waals surface area contributed by atoms with Crippen LogP contribution in [0.4, 0.5) is 0 Å². The number of hydrogen-bond donors (Lipinski definition) is 2. The summed E-state index contributed by atoms with van der Waals surface area (Å²) in [6, 6.07) is 10.1. The maximum absolute atomic E-state index is 12.1. The Bertz CT molecular complexity index is 662. The Morgan fingerprint density at radius 3 is 2.48 bits per heavy atom. The van der Waals surface area contributed by atoms with Gasteiger partial charge < -0.3 is 14.9 Å². The van der Waals surface area contributed by atoms with Crippen molar-refractivity contribution in [1.29, 1.82) is 0 Å². The maximum atomic E-state index is 12.1. The molecule has 2 rings (SSSR count). The van der Waals surface area contributed by atoms with Crippen LogP contribution in [0.25, 0.3) is 0 Å². The van der Waals surface area contributed by atoms with E-state index in [1.54, 1.807) is 36.4 Å². The van der Waals surface area contributed by atoms with E-state index in [0.717, 1.165) is 11.1 Å². The predicted octanol–water partition coefficient (Wildman–Crippen LogP) is 3.23. The lowest BCUT2D eigenvalue weighted by Gasteiger charge is -2.07. The van der Waals surface area contributed by atoms with E-state index in [2.05, 4.69) is 0 Å². The minimum atomic E-state index is -0.122. The number of aromatic hydroxyl groups is 2. The predicted molar refractivity (Wildman–Crippen MR) is 80.2 cm³/mol. The van der Waals surface area contributed by atoms with E-state index >= 15 is 0 Å². The van der Waals surface area contributed by atoms with Gasteiger partial charge in [0.05, 0.1) is 12.7 Å². The van der Waals surface area contributed by atoms with E-state index in [4.69, 9.17) is 4.74 Å². The molecular formula is C17H18O4. The number of aryl methyl sites for hydroxylation is 2. The van der Waals surface area contributed by atoms with E-state index in [1.165, 1.54) is 7.11 Å². The zero-order valence-electron chi connectivity index (χ0n) is 12.1.